The summed E-state index contributed by atoms with van der Waals surface area (Å²) in [5, 5.41) is 9.56. The van der Waals surface area contributed by atoms with Gasteiger partial charge in [-0.1, -0.05) is 13.3 Å². The van der Waals surface area contributed by atoms with Crippen LogP contribution in [-0.4, -0.2) is 34.7 Å². The van der Waals surface area contributed by atoms with Gasteiger partial charge in [0.15, 0.2) is 5.13 Å². The molecule has 15 heavy (non-hydrogen) atoms. The van der Waals surface area contributed by atoms with Gasteiger partial charge < -0.3 is 10.8 Å². The predicted octanol–water partition coefficient (Wildman–Crippen LogP) is 1.32. The number of anilines is 1. The Morgan fingerprint density at radius 1 is 1.53 bits per heavy atom. The SMILES string of the molecule is CCCCN(CCO)Cc1cnc(N)s1. The summed E-state index contributed by atoms with van der Waals surface area (Å²) in [4.78, 5) is 7.41. The van der Waals surface area contributed by atoms with Crippen molar-refractivity contribution in [1.82, 2.24) is 9.88 Å². The third kappa shape index (κ3) is 4.59. The molecule has 0 aliphatic carbocycles. The number of nitrogens with two attached hydrogens (primary N) is 1. The molecule has 0 amide bonds. The van der Waals surface area contributed by atoms with Crippen LogP contribution < -0.4 is 5.73 Å². The summed E-state index contributed by atoms with van der Waals surface area (Å²) in [7, 11) is 0. The zero-order chi connectivity index (χ0) is 11.1. The minimum absolute atomic E-state index is 0.206. The highest BCUT2D eigenvalue weighted by molar-refractivity contribution is 7.15. The average Bonchev–Trinajstić information content (AvgIpc) is 2.61. The normalized spacial score (nSPS) is 11.1. The van der Waals surface area contributed by atoms with Gasteiger partial charge in [-0.2, -0.15) is 0 Å². The number of aromatic nitrogens is 1. The first-order chi connectivity index (χ1) is 7.26. The van der Waals surface area contributed by atoms with Crippen molar-refractivity contribution < 1.29 is 5.11 Å². The largest absolute Gasteiger partial charge is 0.395 e. The highest BCUT2D eigenvalue weighted by atomic mass is 32.1. The Balaban J connectivity index is 2.42. The molecular weight excluding hydrogens is 210 g/mol. The standard InChI is InChI=1S/C10H19N3OS/c1-2-3-4-13(5-6-14)8-9-7-12-10(11)15-9/h7,14H,2-6,8H2,1H3,(H2,11,12). The molecule has 0 saturated heterocycles. The van der Waals surface area contributed by atoms with E-state index in [1.807, 2.05) is 6.20 Å². The van der Waals surface area contributed by atoms with E-state index < -0.39 is 0 Å². The molecule has 0 aromatic carbocycles. The van der Waals surface area contributed by atoms with Crippen LogP contribution in [0.4, 0.5) is 5.13 Å². The van der Waals surface area contributed by atoms with E-state index in [-0.39, 0.29) is 6.61 Å². The van der Waals surface area contributed by atoms with Crippen LogP contribution in [0, 0.1) is 0 Å². The maximum atomic E-state index is 8.94. The Morgan fingerprint density at radius 2 is 2.33 bits per heavy atom. The topological polar surface area (TPSA) is 62.4 Å². The zero-order valence-corrected chi connectivity index (χ0v) is 9.96. The van der Waals surface area contributed by atoms with Gasteiger partial charge in [0.1, 0.15) is 0 Å². The van der Waals surface area contributed by atoms with Crippen molar-refractivity contribution in [3.8, 4) is 0 Å². The van der Waals surface area contributed by atoms with E-state index in [4.69, 9.17) is 10.8 Å². The lowest BCUT2D eigenvalue weighted by Crippen LogP contribution is -2.27. The van der Waals surface area contributed by atoms with Crippen molar-refractivity contribution in [3.63, 3.8) is 0 Å². The van der Waals surface area contributed by atoms with Gasteiger partial charge in [-0.25, -0.2) is 4.98 Å². The molecule has 1 aromatic rings. The number of thiazole rings is 1. The zero-order valence-electron chi connectivity index (χ0n) is 9.15. The molecule has 0 aliphatic heterocycles. The Kier molecular flexibility index (Phi) is 5.60. The predicted molar refractivity (Wildman–Crippen MR) is 63.8 cm³/mol. The molecule has 0 spiro atoms. The quantitative estimate of drug-likeness (QED) is 0.740. The molecule has 0 atom stereocenters. The molecule has 0 bridgehead atoms. The molecule has 0 saturated carbocycles. The molecule has 1 aromatic heterocycles. The van der Waals surface area contributed by atoms with Gasteiger partial charge in [0.05, 0.1) is 6.61 Å². The Morgan fingerprint density at radius 3 is 2.87 bits per heavy atom. The molecule has 0 unspecified atom stereocenters. The molecule has 1 rings (SSSR count). The molecule has 4 nitrogen and oxygen atoms in total. The van der Waals surface area contributed by atoms with Crippen LogP contribution in [0.5, 0.6) is 0 Å². The van der Waals surface area contributed by atoms with Gasteiger partial charge >= 0.3 is 0 Å². The van der Waals surface area contributed by atoms with Gasteiger partial charge in [0, 0.05) is 24.2 Å². The van der Waals surface area contributed by atoms with Crippen LogP contribution in [0.15, 0.2) is 6.20 Å². The number of unbranched alkanes of at least 4 members (excludes halogenated alkanes) is 1. The van der Waals surface area contributed by atoms with E-state index >= 15 is 0 Å². The summed E-state index contributed by atoms with van der Waals surface area (Å²) < 4.78 is 0. The summed E-state index contributed by atoms with van der Waals surface area (Å²) >= 11 is 1.52. The summed E-state index contributed by atoms with van der Waals surface area (Å²) in [6.07, 6.45) is 4.15. The number of hydrogen-bond donors (Lipinski definition) is 2. The first-order valence-corrected chi connectivity index (χ1v) is 6.11. The lowest BCUT2D eigenvalue weighted by molar-refractivity contribution is 0.189. The lowest BCUT2D eigenvalue weighted by Gasteiger charge is -2.19. The first kappa shape index (κ1) is 12.4. The molecule has 3 N–H and O–H groups in total. The van der Waals surface area contributed by atoms with Gasteiger partial charge in [-0.05, 0) is 13.0 Å². The Bertz CT molecular complexity index is 277. The second-order valence-corrected chi connectivity index (χ2v) is 4.66. The van der Waals surface area contributed by atoms with Crippen LogP contribution in [0.25, 0.3) is 0 Å². The van der Waals surface area contributed by atoms with Crippen LogP contribution in [-0.2, 0) is 6.54 Å². The van der Waals surface area contributed by atoms with Crippen molar-refractivity contribution in [2.45, 2.75) is 26.3 Å². The van der Waals surface area contributed by atoms with Crippen molar-refractivity contribution in [1.29, 1.82) is 0 Å². The summed E-state index contributed by atoms with van der Waals surface area (Å²) in [5.74, 6) is 0. The van der Waals surface area contributed by atoms with Gasteiger partial charge in [-0.3, -0.25) is 4.90 Å². The summed E-state index contributed by atoms with van der Waals surface area (Å²) in [6.45, 7) is 4.96. The fourth-order valence-electron chi connectivity index (χ4n) is 1.41. The van der Waals surface area contributed by atoms with Crippen LogP contribution in [0.3, 0.4) is 0 Å². The lowest BCUT2D eigenvalue weighted by atomic mass is 10.3. The van der Waals surface area contributed by atoms with Crippen LogP contribution in [0.2, 0.25) is 0 Å². The van der Waals surface area contributed by atoms with Gasteiger partial charge in [0.25, 0.3) is 0 Å². The maximum absolute atomic E-state index is 8.94. The molecule has 0 radical (unpaired) electrons. The second-order valence-electron chi connectivity index (χ2n) is 3.52. The van der Waals surface area contributed by atoms with E-state index in [0.717, 1.165) is 30.9 Å². The van der Waals surface area contributed by atoms with Crippen molar-refractivity contribution in [3.05, 3.63) is 11.1 Å². The number of rotatable bonds is 7. The average molecular weight is 229 g/mol. The second kappa shape index (κ2) is 6.76. The number of aliphatic hydroxyl groups is 1. The van der Waals surface area contributed by atoms with Crippen LogP contribution in [0.1, 0.15) is 24.6 Å². The third-order valence-corrected chi connectivity index (χ3v) is 3.01. The molecule has 1 heterocycles. The molecule has 0 aliphatic rings. The summed E-state index contributed by atoms with van der Waals surface area (Å²) in [5.41, 5.74) is 5.57. The van der Waals surface area contributed by atoms with Crippen molar-refractivity contribution in [2.75, 3.05) is 25.4 Å². The van der Waals surface area contributed by atoms with E-state index in [1.54, 1.807) is 0 Å². The highest BCUT2D eigenvalue weighted by Crippen LogP contribution is 2.16. The number of nitrogen functional groups attached to an aromatic ring is 1. The first-order valence-electron chi connectivity index (χ1n) is 5.29. The van der Waals surface area contributed by atoms with Crippen molar-refractivity contribution in [2.24, 2.45) is 0 Å². The molecule has 5 heteroatoms. The molecule has 0 fully saturated rings. The smallest absolute Gasteiger partial charge is 0.180 e. The number of aliphatic hydroxyl groups excluding tert-OH is 1. The monoisotopic (exact) mass is 229 g/mol. The number of hydrogen-bond acceptors (Lipinski definition) is 5. The van der Waals surface area contributed by atoms with Crippen molar-refractivity contribution >= 4 is 16.5 Å². The molecule has 86 valence electrons. The van der Waals surface area contributed by atoms with E-state index in [9.17, 15) is 0 Å². The van der Waals surface area contributed by atoms with E-state index in [1.165, 1.54) is 17.8 Å². The third-order valence-electron chi connectivity index (χ3n) is 2.20. The minimum Gasteiger partial charge on any atom is -0.395 e. The van der Waals surface area contributed by atoms with E-state index in [0.29, 0.717) is 5.13 Å². The fourth-order valence-corrected chi connectivity index (χ4v) is 2.14. The molecular formula is C10H19N3OS. The van der Waals surface area contributed by atoms with Gasteiger partial charge in [-0.15, -0.1) is 11.3 Å². The van der Waals surface area contributed by atoms with Crippen LogP contribution >= 0.6 is 11.3 Å². The Hall–Kier alpha value is -0.650. The highest BCUT2D eigenvalue weighted by Gasteiger charge is 2.06. The number of nitrogens with zero attached hydrogens (tertiary/aromatic N) is 2. The minimum atomic E-state index is 0.206. The fraction of sp³-hybridized carbons (Fsp3) is 0.700. The maximum Gasteiger partial charge on any atom is 0.180 e. The summed E-state index contributed by atoms with van der Waals surface area (Å²) in [6, 6.07) is 0. The Labute approximate surface area is 94.7 Å². The van der Waals surface area contributed by atoms with Gasteiger partial charge in [0.2, 0.25) is 0 Å². The van der Waals surface area contributed by atoms with E-state index in [2.05, 4.69) is 16.8 Å².